The van der Waals surface area contributed by atoms with Crippen molar-refractivity contribution in [3.8, 4) is 5.75 Å². The number of likely N-dealkylation sites (N-methyl/N-ethyl adjacent to an activating group) is 1. The van der Waals surface area contributed by atoms with E-state index in [-0.39, 0.29) is 36.2 Å². The molecule has 0 radical (unpaired) electrons. The van der Waals surface area contributed by atoms with Gasteiger partial charge in [-0.1, -0.05) is 24.3 Å². The summed E-state index contributed by atoms with van der Waals surface area (Å²) in [4.78, 5) is 48.1. The molecule has 4 heterocycles. The predicted molar refractivity (Wildman–Crippen MR) is 248 cm³/mol. The Hall–Kier alpha value is -4.46. The molecule has 28 heteroatoms. The third-order valence-electron chi connectivity index (χ3n) is 11.7. The Morgan fingerprint density at radius 2 is 1.72 bits per heavy atom. The number of rotatable bonds is 20. The van der Waals surface area contributed by atoms with Crippen LogP contribution < -0.4 is 25.6 Å². The van der Waals surface area contributed by atoms with Crippen LogP contribution in [0.3, 0.4) is 0 Å². The second-order valence-electron chi connectivity index (χ2n) is 16.1. The quantitative estimate of drug-likeness (QED) is 0.0347. The number of nitrogens with zero attached hydrogens (tertiary/aromatic N) is 4. The van der Waals surface area contributed by atoms with Gasteiger partial charge in [-0.05, 0) is 56.7 Å². The maximum Gasteiger partial charge on any atom is 0.490 e. The molecule has 7 rings (SSSR count). The van der Waals surface area contributed by atoms with E-state index in [2.05, 4.69) is 53.3 Å². The highest BCUT2D eigenvalue weighted by molar-refractivity contribution is 7.85. The second-order valence-corrected chi connectivity index (χ2v) is 21.8. The summed E-state index contributed by atoms with van der Waals surface area (Å²) < 4.78 is 99.8. The van der Waals surface area contributed by atoms with Gasteiger partial charge in [-0.2, -0.15) is 8.62 Å². The molecule has 69 heavy (non-hydrogen) atoms. The Kier molecular flexibility index (Phi) is 15.7. The molecule has 2 aromatic heterocycles. The van der Waals surface area contributed by atoms with Crippen molar-refractivity contribution >= 4 is 67.8 Å². The average molecular weight is 1040 g/mol. The monoisotopic (exact) mass is 1040 g/mol. The van der Waals surface area contributed by atoms with E-state index in [4.69, 9.17) is 25.0 Å². The fourth-order valence-electron chi connectivity index (χ4n) is 8.24. The summed E-state index contributed by atoms with van der Waals surface area (Å²) >= 11 is 0. The van der Waals surface area contributed by atoms with Gasteiger partial charge in [0, 0.05) is 78.5 Å². The number of fused-ring (bicyclic) bond motifs is 3. The minimum Gasteiger partial charge on any atom is -0.744 e. The number of aliphatic hydroxyl groups is 2. The van der Waals surface area contributed by atoms with Crippen molar-refractivity contribution in [1.29, 1.82) is 0 Å². The Morgan fingerprint density at radius 1 is 1.00 bits per heavy atom. The summed E-state index contributed by atoms with van der Waals surface area (Å²) in [6, 6.07) is 10.5. The molecule has 0 amide bonds. The number of nitrogens with two attached hydrogens (primary N) is 1. The first-order valence-electron chi connectivity index (χ1n) is 21.3. The van der Waals surface area contributed by atoms with Crippen LogP contribution in [0.15, 0.2) is 89.5 Å². The van der Waals surface area contributed by atoms with E-state index in [1.54, 1.807) is 24.3 Å². The van der Waals surface area contributed by atoms with E-state index in [0.717, 1.165) is 31.6 Å². The highest BCUT2D eigenvalue weighted by Gasteiger charge is 2.47. The first-order chi connectivity index (χ1) is 32.4. The second kappa shape index (κ2) is 20.7. The van der Waals surface area contributed by atoms with Crippen molar-refractivity contribution in [3.63, 3.8) is 0 Å². The van der Waals surface area contributed by atoms with Gasteiger partial charge in [0.1, 0.15) is 63.8 Å². The van der Waals surface area contributed by atoms with Crippen LogP contribution in [0.4, 0.5) is 11.5 Å². The van der Waals surface area contributed by atoms with E-state index in [1.807, 2.05) is 44.3 Å². The number of quaternary nitrogens is 1. The number of phosphoric acid groups is 3. The molecule has 2 aliphatic heterocycles. The largest absolute Gasteiger partial charge is 0.744 e. The van der Waals surface area contributed by atoms with Crippen LogP contribution >= 0.6 is 23.5 Å². The summed E-state index contributed by atoms with van der Waals surface area (Å²) in [5.41, 5.74) is 10.3. The predicted octanol–water partition coefficient (Wildman–Crippen LogP) is 2.08. The molecule has 10 N–H and O–H groups in total. The number of nitrogen functional groups attached to an aromatic ring is 1. The van der Waals surface area contributed by atoms with Crippen molar-refractivity contribution in [2.75, 3.05) is 50.5 Å². The summed E-state index contributed by atoms with van der Waals surface area (Å²) in [7, 11) is -20.1. The highest BCUT2D eigenvalue weighted by Crippen LogP contribution is 2.66. The fraction of sp³-hybridized carbons (Fsp3) is 0.366. The lowest BCUT2D eigenvalue weighted by atomic mass is 9.86. The fourth-order valence-corrected chi connectivity index (χ4v) is 12.0. The Morgan fingerprint density at radius 3 is 2.41 bits per heavy atom. The van der Waals surface area contributed by atoms with Crippen molar-refractivity contribution in [2.45, 2.75) is 62.8 Å². The first-order valence-corrected chi connectivity index (χ1v) is 27.3. The lowest BCUT2D eigenvalue weighted by molar-refractivity contribution is -0.908. The number of allylic oxidation sites excluding steroid dienone is 1. The van der Waals surface area contributed by atoms with Gasteiger partial charge in [0.05, 0.1) is 30.0 Å². The first kappa shape index (κ1) is 52.4. The average Bonchev–Trinajstić information content (AvgIpc) is 3.78. The molecule has 0 saturated carbocycles. The van der Waals surface area contributed by atoms with E-state index in [0.29, 0.717) is 44.7 Å². The van der Waals surface area contributed by atoms with Gasteiger partial charge in [-0.15, -0.1) is 0 Å². The smallest absolute Gasteiger partial charge is 0.490 e. The molecule has 0 bridgehead atoms. The van der Waals surface area contributed by atoms with Crippen molar-refractivity contribution in [1.82, 2.24) is 19.9 Å². The van der Waals surface area contributed by atoms with Gasteiger partial charge in [-0.3, -0.25) is 4.52 Å². The standard InChI is InChI=1S/C41H52N7O17P3S/c1-5-46(4)26-11-14-28-31(18-26)62-32-19-27(47(6-2)7-3)12-15-29(32)36(28)30-13-10-24(17-34(30)69(58,59)60)20-43-16-8-9-25-21-48(40-35(25)39(42)44-23-45-40)41-38(50)37(49)33(63-41)22-61-67(54,55)65-68(56,57)64-66(51,52)53/h8-15,17-19,21,23,27,33,37-38,41,43,49-50H,5-7,16,20,22H2,1-4H3,(H,54,55)(H,56,57)(H2,42,44,45)(H2,51,52,53)(H,58,59,60). The normalized spacial score (nSPS) is 22.4. The zero-order chi connectivity index (χ0) is 50.2. The maximum atomic E-state index is 13.1. The molecule has 1 saturated heterocycles. The van der Waals surface area contributed by atoms with Gasteiger partial charge in [0.25, 0.3) is 0 Å². The maximum absolute atomic E-state index is 13.1. The summed E-state index contributed by atoms with van der Waals surface area (Å²) in [5, 5.41) is 25.2. The Bertz CT molecular complexity index is 2990. The molecular formula is C41H52N7O17P3S. The van der Waals surface area contributed by atoms with Crippen molar-refractivity contribution in [3.05, 3.63) is 107 Å². The molecule has 4 aromatic rings. The zero-order valence-corrected chi connectivity index (χ0v) is 40.9. The molecule has 7 unspecified atom stereocenters. The van der Waals surface area contributed by atoms with Crippen LogP contribution in [0, 0.1) is 0 Å². The number of ether oxygens (including phenoxy) is 2. The summed E-state index contributed by atoms with van der Waals surface area (Å²) in [6.45, 7) is 8.03. The van der Waals surface area contributed by atoms with Crippen LogP contribution in [0.5, 0.6) is 5.75 Å². The van der Waals surface area contributed by atoms with Crippen LogP contribution in [0.2, 0.25) is 0 Å². The molecule has 24 nitrogen and oxygen atoms in total. The summed E-state index contributed by atoms with van der Waals surface area (Å²) in [5.74, 6) is 1.14. The van der Waals surface area contributed by atoms with E-state index >= 15 is 0 Å². The van der Waals surface area contributed by atoms with E-state index in [9.17, 15) is 46.7 Å². The Labute approximate surface area is 396 Å². The highest BCUT2D eigenvalue weighted by atomic mass is 32.2. The number of aliphatic hydroxyl groups excluding tert-OH is 2. The number of nitrogens with one attached hydrogen (secondary N) is 2. The molecule has 3 aliphatic rings. The van der Waals surface area contributed by atoms with Gasteiger partial charge in [0.15, 0.2) is 6.23 Å². The zero-order valence-electron chi connectivity index (χ0n) is 37.4. The number of hydrogen-bond acceptors (Lipinski definition) is 18. The molecule has 374 valence electrons. The number of anilines is 2. The minimum atomic E-state index is -5.82. The number of hydrogen-bond donors (Lipinski definition) is 9. The van der Waals surface area contributed by atoms with Crippen LogP contribution in [0.25, 0.3) is 22.7 Å². The number of benzene rings is 2. The lowest BCUT2D eigenvalue weighted by Gasteiger charge is -2.32. The van der Waals surface area contributed by atoms with Gasteiger partial charge in [-0.25, -0.2) is 32.1 Å². The van der Waals surface area contributed by atoms with Gasteiger partial charge in [0.2, 0.25) is 0 Å². The molecule has 1 aliphatic carbocycles. The molecule has 1 fully saturated rings. The number of phosphoric ester groups is 1. The lowest BCUT2D eigenvalue weighted by Crippen LogP contribution is -3.14. The SMILES string of the molecule is CCN(C)c1ccc2c(c1)OC1=CC([NH+](CC)CC)C=CC1=C2c1ccc(CNCC=Cc2cn(C3OC(COP(=O)(O)OP(=O)(O)OP(=O)(O)O)C(O)C3O)c3ncnc(N)c23)cc1S(=O)(=O)[O-]. The Balaban J connectivity index is 1.09. The van der Waals surface area contributed by atoms with Crippen molar-refractivity contribution < 1.29 is 84.0 Å². The van der Waals surface area contributed by atoms with Crippen molar-refractivity contribution in [2.24, 2.45) is 0 Å². The molecular weight excluding hydrogens is 987 g/mol. The topological polar surface area (TPSA) is 352 Å². The molecule has 7 atom stereocenters. The summed E-state index contributed by atoms with van der Waals surface area (Å²) in [6.07, 6.45) is 5.48. The molecule has 0 spiro atoms. The third-order valence-corrected chi connectivity index (χ3v) is 16.3. The third kappa shape index (κ3) is 11.8. The van der Waals surface area contributed by atoms with Gasteiger partial charge < -0.3 is 69.2 Å². The number of aromatic nitrogens is 3. The van der Waals surface area contributed by atoms with E-state index < -0.39 is 69.6 Å². The van der Waals surface area contributed by atoms with Gasteiger partial charge >= 0.3 is 23.5 Å². The van der Waals surface area contributed by atoms with Crippen LogP contribution in [-0.4, -0.2) is 121 Å². The van der Waals surface area contributed by atoms with Crippen LogP contribution in [0.1, 0.15) is 49.3 Å². The molecule has 2 aromatic carbocycles. The minimum absolute atomic E-state index is 0.0183. The van der Waals surface area contributed by atoms with Crippen LogP contribution in [-0.2, 0) is 48.2 Å². The van der Waals surface area contributed by atoms with E-state index in [1.165, 1.54) is 21.7 Å².